The Morgan fingerprint density at radius 2 is 2.03 bits per heavy atom. The zero-order valence-electron chi connectivity index (χ0n) is 17.6. The van der Waals surface area contributed by atoms with Gasteiger partial charge in [0.1, 0.15) is 17.6 Å². The Hall–Kier alpha value is -4.14. The Balaban J connectivity index is 1.39. The van der Waals surface area contributed by atoms with E-state index in [1.807, 2.05) is 24.3 Å². The summed E-state index contributed by atoms with van der Waals surface area (Å²) >= 11 is 0. The van der Waals surface area contributed by atoms with Crippen LogP contribution in [0.2, 0.25) is 0 Å². The van der Waals surface area contributed by atoms with Gasteiger partial charge in [0, 0.05) is 18.2 Å². The third kappa shape index (κ3) is 4.17. The van der Waals surface area contributed by atoms with Gasteiger partial charge < -0.3 is 18.6 Å². The highest BCUT2D eigenvalue weighted by Crippen LogP contribution is 2.44. The largest absolute Gasteiger partial charge is 0.467 e. The summed E-state index contributed by atoms with van der Waals surface area (Å²) in [5, 5.41) is 6.02. The fraction of sp³-hybridized carbons (Fsp3) is 0.250. The number of nitrogens with one attached hydrogen (secondary N) is 1. The number of allylic oxidation sites excluding steroid dienone is 1. The first-order chi connectivity index (χ1) is 16.1. The number of hydrogen-bond acceptors (Lipinski definition) is 7. The van der Waals surface area contributed by atoms with Gasteiger partial charge in [0.25, 0.3) is 5.91 Å². The van der Waals surface area contributed by atoms with Gasteiger partial charge in [-0.25, -0.2) is 9.80 Å². The monoisotopic (exact) mass is 447 g/mol. The standard InChI is InChI=1S/C24H21N3O6/c28-20-9-8-16(13-25-20)24(30)33-14-21(29)27-23(19-7-3-11-32-19)18-6-1-4-15(22(18)26-27)12-17-5-2-10-31-17/h2-3,5,7-13,18,23H,1,4,6,14H2,(H,25,28). The number of ether oxygens (including phenoxy) is 1. The minimum atomic E-state index is -0.711. The van der Waals surface area contributed by atoms with Crippen molar-refractivity contribution in [3.05, 3.63) is 88.1 Å². The molecule has 1 fully saturated rings. The van der Waals surface area contributed by atoms with Gasteiger partial charge in [0.15, 0.2) is 6.61 Å². The molecule has 0 saturated heterocycles. The van der Waals surface area contributed by atoms with Gasteiger partial charge in [-0.3, -0.25) is 9.59 Å². The average molecular weight is 447 g/mol. The van der Waals surface area contributed by atoms with Crippen LogP contribution in [0.5, 0.6) is 0 Å². The fourth-order valence-corrected chi connectivity index (χ4v) is 4.30. The number of aromatic amines is 1. The molecular formula is C24H21N3O6. The third-order valence-corrected chi connectivity index (χ3v) is 5.80. The fourth-order valence-electron chi connectivity index (χ4n) is 4.30. The van der Waals surface area contributed by atoms with Gasteiger partial charge in [0.05, 0.1) is 23.8 Å². The number of hydrazone groups is 1. The van der Waals surface area contributed by atoms with Crippen LogP contribution < -0.4 is 5.56 Å². The second kappa shape index (κ2) is 8.78. The average Bonchev–Trinajstić information content (AvgIpc) is 3.58. The Morgan fingerprint density at radius 1 is 1.18 bits per heavy atom. The first-order valence-electron chi connectivity index (χ1n) is 10.6. The highest BCUT2D eigenvalue weighted by atomic mass is 16.5. The first kappa shape index (κ1) is 20.7. The molecule has 5 rings (SSSR count). The van der Waals surface area contributed by atoms with Crippen molar-refractivity contribution in [1.29, 1.82) is 0 Å². The number of aromatic nitrogens is 1. The van der Waals surface area contributed by atoms with Crippen molar-refractivity contribution in [2.75, 3.05) is 6.61 Å². The lowest BCUT2D eigenvalue weighted by Crippen LogP contribution is -2.34. The van der Waals surface area contributed by atoms with Gasteiger partial charge in [-0.15, -0.1) is 0 Å². The molecule has 2 atom stereocenters. The number of rotatable bonds is 5. The number of H-pyrrole nitrogens is 1. The molecule has 3 aromatic rings. The maximum Gasteiger partial charge on any atom is 0.340 e. The second-order valence-corrected chi connectivity index (χ2v) is 7.89. The van der Waals surface area contributed by atoms with Crippen LogP contribution in [0.15, 0.2) is 79.4 Å². The van der Waals surface area contributed by atoms with E-state index in [0.29, 0.717) is 5.76 Å². The number of pyridine rings is 1. The molecule has 2 unspecified atom stereocenters. The Labute approximate surface area is 188 Å². The topological polar surface area (TPSA) is 118 Å². The van der Waals surface area contributed by atoms with Crippen LogP contribution in [-0.4, -0.2) is 34.2 Å². The smallest absolute Gasteiger partial charge is 0.340 e. The van der Waals surface area contributed by atoms with E-state index in [0.717, 1.165) is 36.3 Å². The van der Waals surface area contributed by atoms with E-state index in [4.69, 9.17) is 13.6 Å². The summed E-state index contributed by atoms with van der Waals surface area (Å²) in [4.78, 5) is 39.0. The second-order valence-electron chi connectivity index (χ2n) is 7.89. The van der Waals surface area contributed by atoms with Gasteiger partial charge in [0.2, 0.25) is 5.56 Å². The zero-order valence-corrected chi connectivity index (χ0v) is 17.6. The first-order valence-corrected chi connectivity index (χ1v) is 10.6. The predicted octanol–water partition coefficient (Wildman–Crippen LogP) is 3.54. The van der Waals surface area contributed by atoms with Gasteiger partial charge in [-0.2, -0.15) is 5.10 Å². The number of furan rings is 2. The molecule has 9 heteroatoms. The number of fused-ring (bicyclic) bond motifs is 1. The van der Waals surface area contributed by atoms with Crippen LogP contribution in [0, 0.1) is 5.92 Å². The molecule has 0 spiro atoms. The summed E-state index contributed by atoms with van der Waals surface area (Å²) in [6, 6.07) is 9.42. The third-order valence-electron chi connectivity index (χ3n) is 5.80. The molecule has 4 heterocycles. The van der Waals surface area contributed by atoms with Crippen LogP contribution in [0.1, 0.15) is 47.2 Å². The molecule has 1 aliphatic carbocycles. The van der Waals surface area contributed by atoms with Gasteiger partial charge in [-0.05, 0) is 61.2 Å². The van der Waals surface area contributed by atoms with E-state index in [-0.39, 0.29) is 17.0 Å². The van der Waals surface area contributed by atoms with E-state index < -0.39 is 24.5 Å². The van der Waals surface area contributed by atoms with E-state index >= 15 is 0 Å². The Kier molecular flexibility index (Phi) is 5.52. The van der Waals surface area contributed by atoms with Crippen molar-refractivity contribution in [1.82, 2.24) is 9.99 Å². The lowest BCUT2D eigenvalue weighted by molar-refractivity contribution is -0.137. The minimum absolute atomic E-state index is 0.0371. The molecule has 0 radical (unpaired) electrons. The molecule has 2 aliphatic rings. The molecule has 3 aromatic heterocycles. The molecule has 0 bridgehead atoms. The predicted molar refractivity (Wildman–Crippen MR) is 117 cm³/mol. The quantitative estimate of drug-likeness (QED) is 0.598. The molecule has 168 valence electrons. The van der Waals surface area contributed by atoms with Crippen LogP contribution in [0.3, 0.4) is 0 Å². The van der Waals surface area contributed by atoms with E-state index in [9.17, 15) is 14.4 Å². The van der Waals surface area contributed by atoms with Crippen LogP contribution in [0.25, 0.3) is 6.08 Å². The number of nitrogens with zero attached hydrogens (tertiary/aromatic N) is 2. The van der Waals surface area contributed by atoms with Crippen molar-refractivity contribution < 1.29 is 23.2 Å². The van der Waals surface area contributed by atoms with E-state index in [1.165, 1.54) is 23.3 Å². The number of carbonyl (C=O) groups excluding carboxylic acids is 2. The van der Waals surface area contributed by atoms with Crippen molar-refractivity contribution in [3.63, 3.8) is 0 Å². The molecule has 1 amide bonds. The normalized spacial score (nSPS) is 21.0. The maximum atomic E-state index is 13.1. The SMILES string of the molecule is O=C(OCC(=O)N1N=C2C(=Cc3ccco3)CCCC2C1c1ccco1)c1ccc(=O)[nH]c1. The van der Waals surface area contributed by atoms with Crippen LogP contribution in [-0.2, 0) is 9.53 Å². The summed E-state index contributed by atoms with van der Waals surface area (Å²) < 4.78 is 16.3. The number of hydrogen-bond donors (Lipinski definition) is 1. The highest BCUT2D eigenvalue weighted by Gasteiger charge is 2.45. The summed E-state index contributed by atoms with van der Waals surface area (Å²) in [6.45, 7) is -0.490. The van der Waals surface area contributed by atoms with Crippen molar-refractivity contribution in [2.45, 2.75) is 25.3 Å². The molecule has 0 aromatic carbocycles. The molecule has 1 saturated carbocycles. The number of esters is 1. The molecule has 9 nitrogen and oxygen atoms in total. The lowest BCUT2D eigenvalue weighted by Gasteiger charge is -2.27. The van der Waals surface area contributed by atoms with Crippen molar-refractivity contribution in [3.8, 4) is 0 Å². The Morgan fingerprint density at radius 3 is 2.76 bits per heavy atom. The molecule has 33 heavy (non-hydrogen) atoms. The minimum Gasteiger partial charge on any atom is -0.467 e. The summed E-state index contributed by atoms with van der Waals surface area (Å²) in [7, 11) is 0. The lowest BCUT2D eigenvalue weighted by atomic mass is 9.79. The van der Waals surface area contributed by atoms with E-state index in [1.54, 1.807) is 18.6 Å². The molecule has 1 N–H and O–H groups in total. The molecule has 1 aliphatic heterocycles. The summed E-state index contributed by atoms with van der Waals surface area (Å²) in [5.74, 6) is 0.135. The van der Waals surface area contributed by atoms with Gasteiger partial charge in [-0.1, -0.05) is 0 Å². The Bertz CT molecular complexity index is 1250. The highest BCUT2D eigenvalue weighted by molar-refractivity contribution is 6.08. The van der Waals surface area contributed by atoms with Crippen LogP contribution >= 0.6 is 0 Å². The molecular weight excluding hydrogens is 426 g/mol. The maximum absolute atomic E-state index is 13.1. The summed E-state index contributed by atoms with van der Waals surface area (Å²) in [6.07, 6.45) is 8.99. The number of carbonyl (C=O) groups is 2. The summed E-state index contributed by atoms with van der Waals surface area (Å²) in [5.41, 5.74) is 1.64. The van der Waals surface area contributed by atoms with Crippen molar-refractivity contribution >= 4 is 23.7 Å². The van der Waals surface area contributed by atoms with Gasteiger partial charge >= 0.3 is 5.97 Å². The van der Waals surface area contributed by atoms with E-state index in [2.05, 4.69) is 10.1 Å². The zero-order chi connectivity index (χ0) is 22.8. The van der Waals surface area contributed by atoms with Crippen LogP contribution in [0.4, 0.5) is 0 Å². The van der Waals surface area contributed by atoms with Crippen molar-refractivity contribution in [2.24, 2.45) is 11.0 Å². The number of amides is 1.